The molecule has 0 atom stereocenters. The van der Waals surface area contributed by atoms with Crippen LogP contribution in [-0.2, 0) is 0 Å². The maximum absolute atomic E-state index is 4.97. The van der Waals surface area contributed by atoms with Crippen LogP contribution in [0.4, 0.5) is 0 Å². The van der Waals surface area contributed by atoms with Crippen LogP contribution < -0.4 is 51.4 Å². The Labute approximate surface area is 82.4 Å². The summed E-state index contributed by atoms with van der Waals surface area (Å²) in [6.07, 6.45) is 3.46. The standard InChI is InChI=1S/C5H8.K/c1-3-5-4-2;/h1,3H,2,4-5H2;/q-2;+1. The first-order valence-corrected chi connectivity index (χ1v) is 1.74. The van der Waals surface area contributed by atoms with Gasteiger partial charge < -0.3 is 13.5 Å². The van der Waals surface area contributed by atoms with E-state index < -0.39 is 0 Å². The van der Waals surface area contributed by atoms with E-state index in [-0.39, 0.29) is 51.4 Å². The molecule has 0 aromatic heterocycles. The number of unbranched alkanes of at least 4 members (excludes halogenated alkanes) is 1. The second-order valence-electron chi connectivity index (χ2n) is 0.878. The van der Waals surface area contributed by atoms with Crippen LogP contribution in [0, 0.1) is 13.5 Å². The monoisotopic (exact) mass is 107 g/mol. The molecule has 0 aliphatic rings. The van der Waals surface area contributed by atoms with Crippen molar-refractivity contribution in [1.29, 1.82) is 0 Å². The van der Waals surface area contributed by atoms with Gasteiger partial charge >= 0.3 is 51.4 Å². The molecule has 0 aromatic rings. The molecule has 0 radical (unpaired) electrons. The minimum absolute atomic E-state index is 0. The van der Waals surface area contributed by atoms with Gasteiger partial charge in [-0.2, -0.15) is 6.42 Å². The molecule has 0 aromatic carbocycles. The van der Waals surface area contributed by atoms with E-state index >= 15 is 0 Å². The van der Waals surface area contributed by atoms with Crippen LogP contribution >= 0.6 is 0 Å². The SMILES string of the molecule is [CH-]=CCC[CH2-].[K+]. The number of rotatable bonds is 2. The van der Waals surface area contributed by atoms with Crippen molar-refractivity contribution in [2.75, 3.05) is 0 Å². The normalized spacial score (nSPS) is 6.17. The van der Waals surface area contributed by atoms with E-state index in [9.17, 15) is 0 Å². The largest absolute Gasteiger partial charge is 1.00 e. The molecule has 0 amide bonds. The average molecular weight is 107 g/mol. The topological polar surface area (TPSA) is 0 Å². The van der Waals surface area contributed by atoms with Gasteiger partial charge in [-0.15, -0.1) is 0 Å². The molecule has 0 fully saturated rings. The summed E-state index contributed by atoms with van der Waals surface area (Å²) in [5.41, 5.74) is 0. The Bertz CT molecular complexity index is 25.1. The van der Waals surface area contributed by atoms with E-state index in [4.69, 9.17) is 6.58 Å². The fourth-order valence-corrected chi connectivity index (χ4v) is 0.118. The molecular formula is C5H8K-. The van der Waals surface area contributed by atoms with E-state index in [1.165, 1.54) is 0 Å². The molecule has 0 aliphatic heterocycles. The van der Waals surface area contributed by atoms with Gasteiger partial charge in [-0.1, -0.05) is 6.42 Å². The third-order valence-corrected chi connectivity index (χ3v) is 0.371. The first kappa shape index (κ1) is 10.4. The van der Waals surface area contributed by atoms with Crippen molar-refractivity contribution in [3.63, 3.8) is 0 Å². The van der Waals surface area contributed by atoms with Crippen molar-refractivity contribution in [2.45, 2.75) is 12.8 Å². The Kier molecular flexibility index (Phi) is 16.6. The van der Waals surface area contributed by atoms with Crippen LogP contribution in [0.25, 0.3) is 0 Å². The molecular weight excluding hydrogens is 99.2 g/mol. The van der Waals surface area contributed by atoms with Gasteiger partial charge in [0.05, 0.1) is 0 Å². The summed E-state index contributed by atoms with van der Waals surface area (Å²) in [6, 6.07) is 0. The summed E-state index contributed by atoms with van der Waals surface area (Å²) < 4.78 is 0. The zero-order valence-electron chi connectivity index (χ0n) is 4.28. The Morgan fingerprint density at radius 1 is 1.67 bits per heavy atom. The minimum Gasteiger partial charge on any atom is -0.518 e. The van der Waals surface area contributed by atoms with Crippen molar-refractivity contribution < 1.29 is 51.4 Å². The molecule has 0 saturated carbocycles. The third kappa shape index (κ3) is 9.03. The van der Waals surface area contributed by atoms with Crippen LogP contribution in [0.15, 0.2) is 6.08 Å². The van der Waals surface area contributed by atoms with Gasteiger partial charge in [0.1, 0.15) is 0 Å². The summed E-state index contributed by atoms with van der Waals surface area (Å²) in [6.45, 7) is 8.54. The van der Waals surface area contributed by atoms with Crippen molar-refractivity contribution >= 4 is 0 Å². The van der Waals surface area contributed by atoms with Crippen molar-refractivity contribution in [1.82, 2.24) is 0 Å². The molecule has 0 saturated heterocycles. The van der Waals surface area contributed by atoms with Crippen molar-refractivity contribution in [2.24, 2.45) is 0 Å². The number of hydrogen-bond donors (Lipinski definition) is 0. The molecule has 6 heavy (non-hydrogen) atoms. The van der Waals surface area contributed by atoms with Crippen LogP contribution in [0.3, 0.4) is 0 Å². The summed E-state index contributed by atoms with van der Waals surface area (Å²) in [5, 5.41) is 0. The van der Waals surface area contributed by atoms with Crippen LogP contribution in [0.5, 0.6) is 0 Å². The summed E-state index contributed by atoms with van der Waals surface area (Å²) in [4.78, 5) is 0. The number of hydrogen-bond acceptors (Lipinski definition) is 0. The zero-order chi connectivity index (χ0) is 4.12. The van der Waals surface area contributed by atoms with Crippen molar-refractivity contribution in [3.8, 4) is 0 Å². The predicted octanol–water partition coefficient (Wildman–Crippen LogP) is -1.41. The maximum atomic E-state index is 4.97. The van der Waals surface area contributed by atoms with E-state index in [1.54, 1.807) is 6.08 Å². The van der Waals surface area contributed by atoms with Gasteiger partial charge in [0.15, 0.2) is 0 Å². The molecule has 0 N–H and O–H groups in total. The Hall–Kier alpha value is 1.38. The Balaban J connectivity index is 0. The van der Waals surface area contributed by atoms with Gasteiger partial charge in [0, 0.05) is 0 Å². The summed E-state index contributed by atoms with van der Waals surface area (Å²) in [5.74, 6) is 0. The van der Waals surface area contributed by atoms with Gasteiger partial charge in [-0.05, 0) is 0 Å². The molecule has 30 valence electrons. The second-order valence-corrected chi connectivity index (χ2v) is 0.878. The first-order valence-electron chi connectivity index (χ1n) is 1.74. The van der Waals surface area contributed by atoms with E-state index in [0.29, 0.717) is 0 Å². The molecule has 0 heterocycles. The summed E-state index contributed by atoms with van der Waals surface area (Å²) in [7, 11) is 0. The molecule has 0 unspecified atom stereocenters. The Morgan fingerprint density at radius 2 is 2.17 bits per heavy atom. The van der Waals surface area contributed by atoms with Crippen LogP contribution in [0.2, 0.25) is 0 Å². The van der Waals surface area contributed by atoms with E-state index in [0.717, 1.165) is 12.8 Å². The van der Waals surface area contributed by atoms with Gasteiger partial charge in [0.25, 0.3) is 0 Å². The minimum atomic E-state index is 0. The molecule has 0 aliphatic carbocycles. The predicted molar refractivity (Wildman–Crippen MR) is 23.5 cm³/mol. The fraction of sp³-hybridized carbons (Fsp3) is 0.400. The van der Waals surface area contributed by atoms with Gasteiger partial charge in [-0.25, -0.2) is 0 Å². The molecule has 0 bridgehead atoms. The van der Waals surface area contributed by atoms with Gasteiger partial charge in [-0.3, -0.25) is 6.08 Å². The maximum Gasteiger partial charge on any atom is 1.00 e. The van der Waals surface area contributed by atoms with Crippen LogP contribution in [-0.4, -0.2) is 0 Å². The molecule has 1 heteroatoms. The smallest absolute Gasteiger partial charge is 0.518 e. The average Bonchev–Trinajstić information content (AvgIpc) is 1.41. The third-order valence-electron chi connectivity index (χ3n) is 0.371. The fourth-order valence-electron chi connectivity index (χ4n) is 0.118. The molecule has 0 nitrogen and oxygen atoms in total. The second kappa shape index (κ2) is 9.62. The first-order chi connectivity index (χ1) is 2.41. The summed E-state index contributed by atoms with van der Waals surface area (Å²) >= 11 is 0. The van der Waals surface area contributed by atoms with Crippen molar-refractivity contribution in [3.05, 3.63) is 19.6 Å². The quantitative estimate of drug-likeness (QED) is 0.300. The molecule has 0 spiro atoms. The molecule has 0 rings (SSSR count). The van der Waals surface area contributed by atoms with E-state index in [2.05, 4.69) is 6.92 Å². The van der Waals surface area contributed by atoms with E-state index in [1.807, 2.05) is 0 Å². The van der Waals surface area contributed by atoms with Gasteiger partial charge in [0.2, 0.25) is 0 Å². The van der Waals surface area contributed by atoms with Crippen LogP contribution in [0.1, 0.15) is 12.8 Å². The number of allylic oxidation sites excluding steroid dienone is 1. The zero-order valence-corrected chi connectivity index (χ0v) is 7.40. The Morgan fingerprint density at radius 3 is 2.17 bits per heavy atom.